The van der Waals surface area contributed by atoms with Crippen LogP contribution in [-0.4, -0.2) is 13.3 Å². The van der Waals surface area contributed by atoms with Crippen molar-refractivity contribution in [2.75, 3.05) is 13.3 Å². The first-order valence-corrected chi connectivity index (χ1v) is 5.45. The molecule has 0 aromatic heterocycles. The Kier molecular flexibility index (Phi) is 21.3. The Morgan fingerprint density at radius 3 is 1.00 bits per heavy atom. The summed E-state index contributed by atoms with van der Waals surface area (Å²) in [6, 6.07) is 0. The van der Waals surface area contributed by atoms with Crippen LogP contribution in [0.2, 0.25) is 0 Å². The Bertz CT molecular complexity index is 74.6. The molecule has 0 fully saturated rings. The van der Waals surface area contributed by atoms with Gasteiger partial charge in [-0.1, -0.05) is 0 Å². The zero-order valence-corrected chi connectivity index (χ0v) is 8.09. The van der Waals surface area contributed by atoms with Gasteiger partial charge in [-0.05, 0) is 29.4 Å². The van der Waals surface area contributed by atoms with Crippen LogP contribution in [0.25, 0.3) is 0 Å². The fourth-order valence-corrected chi connectivity index (χ4v) is 0. The molecule has 0 amide bonds. The first kappa shape index (κ1) is 16.5. The molecule has 0 aliphatic heterocycles. The van der Waals surface area contributed by atoms with Crippen LogP contribution < -0.4 is 9.79 Å². The van der Waals surface area contributed by atoms with Crippen LogP contribution in [-0.2, 0) is 26.2 Å². The first-order valence-electron chi connectivity index (χ1n) is 1.82. The normalized spacial score (nSPS) is 13.8. The van der Waals surface area contributed by atoms with Crippen molar-refractivity contribution >= 4 is 16.1 Å². The second kappa shape index (κ2) is 11.7. The van der Waals surface area contributed by atoms with Gasteiger partial charge in [-0.3, -0.25) is 0 Å². The monoisotopic (exact) mass is 214 g/mol. The van der Waals surface area contributed by atoms with Gasteiger partial charge in [0.1, 0.15) is 0 Å². The summed E-state index contributed by atoms with van der Waals surface area (Å²) in [5, 5.41) is 0. The maximum Gasteiger partial charge on any atom is 2.00 e. The Morgan fingerprint density at radius 2 is 1.00 bits per heavy atom. The fraction of sp³-hybridized carbons (Fsp3) is 1.00. The summed E-state index contributed by atoms with van der Waals surface area (Å²) in [6.07, 6.45) is 0. The van der Waals surface area contributed by atoms with Crippen LogP contribution in [0.1, 0.15) is 0 Å². The van der Waals surface area contributed by atoms with E-state index in [1.165, 1.54) is 0 Å². The summed E-state index contributed by atoms with van der Waals surface area (Å²) in [6.45, 7) is 2.31. The molecule has 9 heavy (non-hydrogen) atoms. The van der Waals surface area contributed by atoms with Gasteiger partial charge in [-0.25, -0.2) is 0 Å². The quantitative estimate of drug-likeness (QED) is 0.378. The third kappa shape index (κ3) is 524. The zero-order chi connectivity index (χ0) is 7.15. The topological polar surface area (TPSA) is 80.3 Å². The smallest absolute Gasteiger partial charge is 0.802 e. The zero-order valence-electron chi connectivity index (χ0n) is 4.99. The molecule has 7 heteroatoms. The summed E-state index contributed by atoms with van der Waals surface area (Å²) in [4.78, 5) is 18.1. The minimum absolute atomic E-state index is 0. The summed E-state index contributed by atoms with van der Waals surface area (Å²) in [5.41, 5.74) is 0. The van der Waals surface area contributed by atoms with E-state index in [0.29, 0.717) is 0 Å². The van der Waals surface area contributed by atoms with Gasteiger partial charge in [0.2, 0.25) is 0 Å². The minimum Gasteiger partial charge on any atom is -0.802 e. The van der Waals surface area contributed by atoms with Gasteiger partial charge >= 0.3 is 17.1 Å². The first-order chi connectivity index (χ1) is 3.46. The number of rotatable bonds is 0. The van der Waals surface area contributed by atoms with Crippen molar-refractivity contribution in [1.82, 2.24) is 0 Å². The van der Waals surface area contributed by atoms with Crippen molar-refractivity contribution in [3.05, 3.63) is 0 Å². The summed E-state index contributed by atoms with van der Waals surface area (Å²) < 4.78 is 18.1. The van der Waals surface area contributed by atoms with E-state index >= 15 is 0 Å². The molecule has 0 saturated carbocycles. The third-order valence-electron chi connectivity index (χ3n) is 0. The van der Waals surface area contributed by atoms with Gasteiger partial charge in [0.25, 0.3) is 0 Å². The molecule has 0 radical (unpaired) electrons. The second-order valence-electron chi connectivity index (χ2n) is 0.983. The third-order valence-corrected chi connectivity index (χ3v) is 0. The molecule has 0 heterocycles. The molecular formula is C2H8FeO4P2. The molecule has 2 atom stereocenters. The van der Waals surface area contributed by atoms with Gasteiger partial charge in [-0.15, -0.1) is 0 Å². The molecule has 2 unspecified atom stereocenters. The van der Waals surface area contributed by atoms with Gasteiger partial charge in [0.05, 0.1) is 0 Å². The van der Waals surface area contributed by atoms with Crippen LogP contribution in [0.4, 0.5) is 0 Å². The molecule has 4 nitrogen and oxygen atoms in total. The summed E-state index contributed by atoms with van der Waals surface area (Å²) in [7, 11) is -4.76. The van der Waals surface area contributed by atoms with Crippen molar-refractivity contribution < 1.29 is 36.0 Å². The van der Waals surface area contributed by atoms with Crippen molar-refractivity contribution in [2.45, 2.75) is 0 Å². The molecule has 0 aliphatic carbocycles. The van der Waals surface area contributed by atoms with Gasteiger partial charge in [0, 0.05) is 0 Å². The predicted molar refractivity (Wildman–Crippen MR) is 29.9 cm³/mol. The molecule has 0 aromatic rings. The van der Waals surface area contributed by atoms with Crippen LogP contribution in [0.15, 0.2) is 0 Å². The second-order valence-corrected chi connectivity index (χ2v) is 2.95. The SMILES string of the molecule is C[PH](=O)[O-].C[PH](=O)[O-].[Fe+2]. The maximum absolute atomic E-state index is 9.07. The van der Waals surface area contributed by atoms with Gasteiger partial charge < -0.3 is 18.9 Å². The molecular weight excluding hydrogens is 206 g/mol. The maximum atomic E-state index is 9.07. The standard InChI is InChI=1S/2CH5O2P.Fe/c2*1-4(2)3;/h2*4H,1H3,(H,2,3);/q;;+2/p-2. The summed E-state index contributed by atoms with van der Waals surface area (Å²) >= 11 is 0. The van der Waals surface area contributed by atoms with Crippen LogP contribution >= 0.6 is 16.1 Å². The van der Waals surface area contributed by atoms with E-state index in [9.17, 15) is 0 Å². The molecule has 0 aliphatic rings. The van der Waals surface area contributed by atoms with Gasteiger partial charge in [0.15, 0.2) is 0 Å². The van der Waals surface area contributed by atoms with Crippen LogP contribution in [0.3, 0.4) is 0 Å². The molecule has 0 spiro atoms. The number of hydrogen-bond donors (Lipinski definition) is 0. The summed E-state index contributed by atoms with van der Waals surface area (Å²) in [5.74, 6) is 0. The van der Waals surface area contributed by atoms with Crippen LogP contribution in [0.5, 0.6) is 0 Å². The van der Waals surface area contributed by atoms with Crippen LogP contribution in [0, 0.1) is 0 Å². The van der Waals surface area contributed by atoms with Crippen molar-refractivity contribution in [2.24, 2.45) is 0 Å². The van der Waals surface area contributed by atoms with E-state index in [1.807, 2.05) is 0 Å². The molecule has 0 bridgehead atoms. The molecule has 58 valence electrons. The molecule has 0 N–H and O–H groups in total. The van der Waals surface area contributed by atoms with E-state index in [1.54, 1.807) is 0 Å². The van der Waals surface area contributed by atoms with Gasteiger partial charge in [-0.2, -0.15) is 0 Å². The Hall–Kier alpha value is 0.899. The van der Waals surface area contributed by atoms with E-state index in [-0.39, 0.29) is 17.1 Å². The Labute approximate surface area is 65.9 Å². The minimum atomic E-state index is -2.38. The van der Waals surface area contributed by atoms with Crippen molar-refractivity contribution in [3.8, 4) is 0 Å². The Morgan fingerprint density at radius 1 is 1.00 bits per heavy atom. The van der Waals surface area contributed by atoms with E-state index < -0.39 is 16.1 Å². The predicted octanol–water partition coefficient (Wildman–Crippen LogP) is -1.10. The largest absolute Gasteiger partial charge is 2.00 e. The van der Waals surface area contributed by atoms with Crippen molar-refractivity contribution in [3.63, 3.8) is 0 Å². The average molecular weight is 214 g/mol. The Balaban J connectivity index is -0.0000000720. The molecule has 0 aromatic carbocycles. The van der Waals surface area contributed by atoms with E-state index in [0.717, 1.165) is 13.3 Å². The fourth-order valence-electron chi connectivity index (χ4n) is 0. The average Bonchev–Trinajstić information content (AvgIpc) is 1.25. The molecule has 0 rings (SSSR count). The van der Waals surface area contributed by atoms with E-state index in [4.69, 9.17) is 18.9 Å². The van der Waals surface area contributed by atoms with E-state index in [2.05, 4.69) is 0 Å². The molecule has 0 saturated heterocycles. The van der Waals surface area contributed by atoms with Crippen molar-refractivity contribution in [1.29, 1.82) is 0 Å². The number of hydrogen-bond acceptors (Lipinski definition) is 4.